The molecule has 3 N–H and O–H groups in total. The largest absolute Gasteiger partial charge is 0.472 e. The quantitative estimate of drug-likeness (QED) is 0.0169. The molecule has 0 aliphatic heterocycles. The number of esters is 4. The Balaban J connectivity index is 5.60. The van der Waals surface area contributed by atoms with Crippen molar-refractivity contribution in [1.82, 2.24) is 0 Å². The van der Waals surface area contributed by atoms with Crippen molar-refractivity contribution in [3.8, 4) is 0 Å². The zero-order valence-electron chi connectivity index (χ0n) is 67.8. The number of phosphoric ester groups is 2. The lowest BCUT2D eigenvalue weighted by molar-refractivity contribution is -0.161. The molecule has 0 saturated carbocycles. The van der Waals surface area contributed by atoms with E-state index >= 15 is 0 Å². The van der Waals surface area contributed by atoms with Gasteiger partial charge in [0.15, 0.2) is 12.2 Å². The van der Waals surface area contributed by atoms with Crippen molar-refractivity contribution in [2.45, 2.75) is 303 Å². The molecule has 2 unspecified atom stereocenters. The monoisotopic (exact) mass is 1570 g/mol. The third kappa shape index (κ3) is 79.7. The highest BCUT2D eigenvalue weighted by atomic mass is 31.2. The summed E-state index contributed by atoms with van der Waals surface area (Å²) in [6, 6.07) is 0. The molecule has 0 aromatic rings. The van der Waals surface area contributed by atoms with Gasteiger partial charge in [-0.2, -0.15) is 0 Å². The number of aliphatic hydroxyl groups is 1. The minimum Gasteiger partial charge on any atom is -0.462 e. The predicted octanol–water partition coefficient (Wildman–Crippen LogP) is 24.7. The van der Waals surface area contributed by atoms with Crippen molar-refractivity contribution in [1.29, 1.82) is 0 Å². The second kappa shape index (κ2) is 80.7. The Labute approximate surface area is 665 Å². The molecule has 0 aliphatic rings. The SMILES string of the molecule is CC/C=C\C/C=C\C/C=C\C/C=C\C/C=C\C/C=C\CCC(=O)O[C@H](COC(=O)CCCCCCC/C=C\CCCCCC)COP(=O)(O)OC[C@H](O)COP(=O)(O)OC[C@@H](COC(=O)CC/C=C\C/C=C\C/C=C\C/C=C\C/C=C\CCCCC)OC(=O)CC/C=C\C/C=C\C/C=C\C/C=C\C/C=C\CCCCC. The highest BCUT2D eigenvalue weighted by Gasteiger charge is 2.30. The highest BCUT2D eigenvalue weighted by molar-refractivity contribution is 7.47. The topological polar surface area (TPSA) is 237 Å². The normalized spacial score (nSPS) is 14.9. The summed E-state index contributed by atoms with van der Waals surface area (Å²) in [4.78, 5) is 73.0. The second-order valence-corrected chi connectivity index (χ2v) is 29.5. The minimum atomic E-state index is -5.03. The third-order valence-electron chi connectivity index (χ3n) is 16.2. The van der Waals surface area contributed by atoms with Crippen LogP contribution in [0.4, 0.5) is 0 Å². The van der Waals surface area contributed by atoms with E-state index < -0.39 is 97.5 Å². The van der Waals surface area contributed by atoms with Crippen LogP contribution in [0.25, 0.3) is 0 Å². The third-order valence-corrected chi connectivity index (χ3v) is 18.1. The molecular formula is C91H144O17P2. The molecule has 0 spiro atoms. The Morgan fingerprint density at radius 3 is 0.809 bits per heavy atom. The molecule has 0 fully saturated rings. The summed E-state index contributed by atoms with van der Waals surface area (Å²) in [5.74, 6) is -2.50. The van der Waals surface area contributed by atoms with Crippen molar-refractivity contribution in [3.05, 3.63) is 207 Å². The Morgan fingerprint density at radius 1 is 0.264 bits per heavy atom. The lowest BCUT2D eigenvalue weighted by Crippen LogP contribution is -2.30. The van der Waals surface area contributed by atoms with Gasteiger partial charge in [0.25, 0.3) is 0 Å². The van der Waals surface area contributed by atoms with Crippen LogP contribution in [0.5, 0.6) is 0 Å². The van der Waals surface area contributed by atoms with Crippen LogP contribution in [0.3, 0.4) is 0 Å². The van der Waals surface area contributed by atoms with Crippen LogP contribution in [-0.4, -0.2) is 96.7 Å². The fourth-order valence-corrected chi connectivity index (χ4v) is 11.5. The second-order valence-electron chi connectivity index (χ2n) is 26.6. The fraction of sp³-hybridized carbons (Fsp3) is 0.582. The Hall–Kier alpha value is -6.36. The van der Waals surface area contributed by atoms with E-state index in [1.807, 2.05) is 54.7 Å². The van der Waals surface area contributed by atoms with Gasteiger partial charge in [-0.15, -0.1) is 0 Å². The van der Waals surface area contributed by atoms with Crippen LogP contribution >= 0.6 is 15.6 Å². The van der Waals surface area contributed by atoms with E-state index in [1.54, 1.807) is 0 Å². The molecule has 0 rings (SSSR count). The molecule has 19 heteroatoms. The molecule has 0 aromatic carbocycles. The molecule has 17 nitrogen and oxygen atoms in total. The number of allylic oxidation sites excluding steroid dienone is 34. The Morgan fingerprint density at radius 2 is 0.491 bits per heavy atom. The van der Waals surface area contributed by atoms with Gasteiger partial charge in [0.05, 0.1) is 26.4 Å². The lowest BCUT2D eigenvalue weighted by atomic mass is 10.1. The Bertz CT molecular complexity index is 2900. The summed E-state index contributed by atoms with van der Waals surface area (Å²) >= 11 is 0. The maximum Gasteiger partial charge on any atom is 0.472 e. The first kappa shape index (κ1) is 104. The molecule has 110 heavy (non-hydrogen) atoms. The van der Waals surface area contributed by atoms with Crippen molar-refractivity contribution >= 4 is 39.5 Å². The molecule has 0 aliphatic carbocycles. The van der Waals surface area contributed by atoms with Gasteiger partial charge in [0, 0.05) is 25.7 Å². The van der Waals surface area contributed by atoms with Crippen LogP contribution < -0.4 is 0 Å². The molecule has 620 valence electrons. The first-order valence-corrected chi connectivity index (χ1v) is 44.3. The van der Waals surface area contributed by atoms with E-state index in [1.165, 1.54) is 64.2 Å². The summed E-state index contributed by atoms with van der Waals surface area (Å²) in [5, 5.41) is 10.7. The van der Waals surface area contributed by atoms with Crippen molar-refractivity contribution in [2.24, 2.45) is 0 Å². The van der Waals surface area contributed by atoms with Gasteiger partial charge in [-0.05, 0) is 167 Å². The summed E-state index contributed by atoms with van der Waals surface area (Å²) < 4.78 is 68.4. The van der Waals surface area contributed by atoms with Gasteiger partial charge in [-0.3, -0.25) is 37.3 Å². The average Bonchev–Trinajstić information content (AvgIpc) is 0.908. The smallest absolute Gasteiger partial charge is 0.462 e. The highest BCUT2D eigenvalue weighted by Crippen LogP contribution is 2.45. The predicted molar refractivity (Wildman–Crippen MR) is 454 cm³/mol. The fourth-order valence-electron chi connectivity index (χ4n) is 9.97. The molecule has 5 atom stereocenters. The van der Waals surface area contributed by atoms with E-state index in [9.17, 15) is 43.2 Å². The number of ether oxygens (including phenoxy) is 4. The van der Waals surface area contributed by atoms with Crippen molar-refractivity contribution < 1.29 is 80.2 Å². The number of aliphatic hydroxyl groups excluding tert-OH is 1. The summed E-state index contributed by atoms with van der Waals surface area (Å²) in [7, 11) is -10.1. The van der Waals surface area contributed by atoms with Crippen LogP contribution in [0.2, 0.25) is 0 Å². The van der Waals surface area contributed by atoms with Gasteiger partial charge in [0.2, 0.25) is 0 Å². The van der Waals surface area contributed by atoms with Gasteiger partial charge in [-0.25, -0.2) is 9.13 Å². The number of hydrogen-bond acceptors (Lipinski definition) is 15. The zero-order valence-corrected chi connectivity index (χ0v) is 69.6. The summed E-state index contributed by atoms with van der Waals surface area (Å²) in [5.41, 5.74) is 0. The van der Waals surface area contributed by atoms with Crippen LogP contribution in [0, 0.1) is 0 Å². The van der Waals surface area contributed by atoms with Crippen LogP contribution in [-0.2, 0) is 65.4 Å². The van der Waals surface area contributed by atoms with Crippen molar-refractivity contribution in [2.75, 3.05) is 39.6 Å². The first-order valence-electron chi connectivity index (χ1n) is 41.3. The molecule has 0 aromatic heterocycles. The standard InChI is InChI=1S/C91H144O17P2/c1-5-9-13-17-21-25-29-33-36-39-42-45-48-52-56-60-64-68-72-76-89(94)102-82-87(108-91(96)78-74-70-66-62-58-54-50-47-44-41-38-35-31-27-23-19-15-11-7-3)84-106-110(99,100)104-80-85(92)79-103-109(97,98)105-83-86(81-101-88(93)75-71-67-63-59-55-51-32-28-24-20-16-12-8-4)107-90(95)77-73-69-65-61-57-53-49-46-43-40-37-34-30-26-22-18-14-10-6-2/h10,14,21-23,25-28,32-38,42-47,52-54,56-58,64-66,68-70,85-87,92H,5-9,11-13,15-20,24,29-31,39-41,48-51,55,59-63,67,71-84H2,1-4H3,(H,97,98)(H,99,100)/b14-10-,25-21-,26-22-,27-23-,32-28-,36-33-,37-34-,38-35-,45-42-,46-43-,47-44-,56-52-,57-53-,58-54-,68-64-,69-65-,70-66-/t85-,86+,87+/m0/s1. The van der Waals surface area contributed by atoms with E-state index in [0.29, 0.717) is 44.9 Å². The van der Waals surface area contributed by atoms with E-state index in [2.05, 4.69) is 180 Å². The molecule has 0 heterocycles. The molecule has 0 radical (unpaired) electrons. The average molecular weight is 1570 g/mol. The molecular weight excluding hydrogens is 1430 g/mol. The number of hydrogen-bond donors (Lipinski definition) is 3. The number of carbonyl (C=O) groups excluding carboxylic acids is 4. The molecule has 0 saturated heterocycles. The molecule has 0 amide bonds. The van der Waals surface area contributed by atoms with Crippen LogP contribution in [0.1, 0.15) is 285 Å². The molecule has 0 bridgehead atoms. The van der Waals surface area contributed by atoms with E-state index in [-0.39, 0.29) is 25.7 Å². The maximum absolute atomic E-state index is 13.1. The lowest BCUT2D eigenvalue weighted by Gasteiger charge is -2.21. The first-order chi connectivity index (χ1) is 53.7. The van der Waals surface area contributed by atoms with Gasteiger partial charge in [0.1, 0.15) is 19.3 Å². The van der Waals surface area contributed by atoms with E-state index in [0.717, 1.165) is 122 Å². The van der Waals surface area contributed by atoms with E-state index in [4.69, 9.17) is 37.0 Å². The zero-order chi connectivity index (χ0) is 80.3. The van der Waals surface area contributed by atoms with Gasteiger partial charge in [-0.1, -0.05) is 298 Å². The number of phosphoric acid groups is 2. The van der Waals surface area contributed by atoms with Gasteiger partial charge < -0.3 is 33.8 Å². The van der Waals surface area contributed by atoms with Crippen LogP contribution in [0.15, 0.2) is 207 Å². The number of carbonyl (C=O) groups is 4. The summed E-state index contributed by atoms with van der Waals surface area (Å²) in [6.07, 6.45) is 101. The minimum absolute atomic E-state index is 0.0123. The van der Waals surface area contributed by atoms with Gasteiger partial charge >= 0.3 is 39.5 Å². The Kier molecular flexibility index (Phi) is 76.0. The summed E-state index contributed by atoms with van der Waals surface area (Å²) in [6.45, 7) is 4.39. The maximum atomic E-state index is 13.1. The number of unbranched alkanes of at least 4 members (excludes halogenated alkanes) is 15. The van der Waals surface area contributed by atoms with Crippen molar-refractivity contribution in [3.63, 3.8) is 0 Å². The number of rotatable bonds is 75.